The molecule has 0 aliphatic rings. The fourth-order valence-corrected chi connectivity index (χ4v) is 1.98. The van der Waals surface area contributed by atoms with E-state index >= 15 is 0 Å². The minimum atomic E-state index is -0.836. The van der Waals surface area contributed by atoms with Crippen molar-refractivity contribution in [2.24, 2.45) is 0 Å². The van der Waals surface area contributed by atoms with Crippen LogP contribution in [0.15, 0.2) is 12.3 Å². The summed E-state index contributed by atoms with van der Waals surface area (Å²) >= 11 is 1.29. The second-order valence-corrected chi connectivity index (χ2v) is 4.61. The first-order valence-electron chi connectivity index (χ1n) is 5.00. The molecule has 0 radical (unpaired) electrons. The standard InChI is InChI=1S/C11H15NO4S/c1-7(11(13)14)17-6-8-10(16-3)9(15-2)4-5-12-8/h4-5,7H,6H2,1-3H3,(H,13,14). The summed E-state index contributed by atoms with van der Waals surface area (Å²) in [6.07, 6.45) is 1.61. The molecule has 0 saturated heterocycles. The van der Waals surface area contributed by atoms with Crippen LogP contribution in [0.2, 0.25) is 0 Å². The van der Waals surface area contributed by atoms with E-state index in [1.165, 1.54) is 18.9 Å². The van der Waals surface area contributed by atoms with Crippen LogP contribution in [-0.2, 0) is 10.5 Å². The normalized spacial score (nSPS) is 11.9. The Kier molecular flexibility index (Phi) is 5.09. The summed E-state index contributed by atoms with van der Waals surface area (Å²) in [5.41, 5.74) is 0.685. The Morgan fingerprint density at radius 3 is 2.76 bits per heavy atom. The number of carboxylic acid groups (broad SMARTS) is 1. The third-order valence-electron chi connectivity index (χ3n) is 2.18. The van der Waals surface area contributed by atoms with Crippen molar-refractivity contribution in [3.05, 3.63) is 18.0 Å². The first kappa shape index (κ1) is 13.6. The summed E-state index contributed by atoms with van der Waals surface area (Å²) in [6, 6.07) is 1.70. The molecule has 0 spiro atoms. The second-order valence-electron chi connectivity index (χ2n) is 3.28. The molecule has 0 bridgehead atoms. The zero-order valence-electron chi connectivity index (χ0n) is 9.97. The molecule has 94 valence electrons. The summed E-state index contributed by atoms with van der Waals surface area (Å²) in [6.45, 7) is 1.64. The van der Waals surface area contributed by atoms with Gasteiger partial charge < -0.3 is 14.6 Å². The molecule has 0 aromatic carbocycles. The van der Waals surface area contributed by atoms with Gasteiger partial charge in [-0.2, -0.15) is 0 Å². The molecule has 0 aliphatic heterocycles. The maximum absolute atomic E-state index is 10.7. The van der Waals surface area contributed by atoms with Crippen LogP contribution in [0.3, 0.4) is 0 Å². The molecule has 0 aliphatic carbocycles. The maximum atomic E-state index is 10.7. The van der Waals surface area contributed by atoms with Gasteiger partial charge >= 0.3 is 5.97 Å². The summed E-state index contributed by atoms with van der Waals surface area (Å²) in [7, 11) is 3.09. The van der Waals surface area contributed by atoms with Crippen LogP contribution in [0.1, 0.15) is 12.6 Å². The first-order chi connectivity index (χ1) is 8.10. The SMILES string of the molecule is COc1ccnc(CSC(C)C(=O)O)c1OC. The zero-order chi connectivity index (χ0) is 12.8. The van der Waals surface area contributed by atoms with Gasteiger partial charge in [-0.1, -0.05) is 0 Å². The third kappa shape index (κ3) is 3.52. The van der Waals surface area contributed by atoms with E-state index in [1.807, 2.05) is 0 Å². The number of carboxylic acids is 1. The largest absolute Gasteiger partial charge is 0.493 e. The minimum Gasteiger partial charge on any atom is -0.493 e. The van der Waals surface area contributed by atoms with Gasteiger partial charge in [0.25, 0.3) is 0 Å². The van der Waals surface area contributed by atoms with Crippen molar-refractivity contribution in [2.75, 3.05) is 14.2 Å². The van der Waals surface area contributed by atoms with Gasteiger partial charge in [0.15, 0.2) is 11.5 Å². The highest BCUT2D eigenvalue weighted by molar-refractivity contribution is 7.99. The lowest BCUT2D eigenvalue weighted by Gasteiger charge is -2.12. The number of methoxy groups -OCH3 is 2. The number of aliphatic carboxylic acids is 1. The van der Waals surface area contributed by atoms with Gasteiger partial charge in [-0.15, -0.1) is 11.8 Å². The van der Waals surface area contributed by atoms with Gasteiger partial charge in [-0.25, -0.2) is 0 Å². The summed E-state index contributed by atoms with van der Waals surface area (Å²) in [5, 5.41) is 8.31. The molecular weight excluding hydrogens is 242 g/mol. The van der Waals surface area contributed by atoms with Gasteiger partial charge in [-0.05, 0) is 6.92 Å². The van der Waals surface area contributed by atoms with E-state index < -0.39 is 11.2 Å². The van der Waals surface area contributed by atoms with Gasteiger partial charge in [0.2, 0.25) is 0 Å². The lowest BCUT2D eigenvalue weighted by atomic mass is 10.3. The average molecular weight is 257 g/mol. The zero-order valence-corrected chi connectivity index (χ0v) is 10.8. The molecule has 6 heteroatoms. The molecule has 0 amide bonds. The third-order valence-corrected chi connectivity index (χ3v) is 3.33. The van der Waals surface area contributed by atoms with Crippen LogP contribution in [0.25, 0.3) is 0 Å². The fourth-order valence-electron chi connectivity index (χ4n) is 1.23. The van der Waals surface area contributed by atoms with Crippen LogP contribution >= 0.6 is 11.8 Å². The Balaban J connectivity index is 2.80. The Hall–Kier alpha value is -1.43. The van der Waals surface area contributed by atoms with E-state index in [2.05, 4.69) is 4.98 Å². The van der Waals surface area contributed by atoms with Crippen molar-refractivity contribution in [3.8, 4) is 11.5 Å². The van der Waals surface area contributed by atoms with Gasteiger partial charge in [0, 0.05) is 18.0 Å². The number of carbonyl (C=O) groups is 1. The van der Waals surface area contributed by atoms with E-state index in [-0.39, 0.29) is 0 Å². The van der Waals surface area contributed by atoms with E-state index in [0.29, 0.717) is 22.9 Å². The Labute approximate surface area is 104 Å². The Morgan fingerprint density at radius 1 is 1.53 bits per heavy atom. The van der Waals surface area contributed by atoms with Crippen LogP contribution in [0.4, 0.5) is 0 Å². The van der Waals surface area contributed by atoms with E-state index in [9.17, 15) is 4.79 Å². The van der Waals surface area contributed by atoms with Crippen LogP contribution in [0.5, 0.6) is 11.5 Å². The molecule has 1 rings (SSSR count). The lowest BCUT2D eigenvalue weighted by molar-refractivity contribution is -0.136. The molecule has 0 fully saturated rings. The number of pyridine rings is 1. The van der Waals surface area contributed by atoms with E-state index in [1.54, 1.807) is 26.3 Å². The highest BCUT2D eigenvalue weighted by Gasteiger charge is 2.15. The van der Waals surface area contributed by atoms with E-state index in [4.69, 9.17) is 14.6 Å². The van der Waals surface area contributed by atoms with Crippen molar-refractivity contribution in [1.29, 1.82) is 0 Å². The Bertz CT molecular complexity index is 397. The van der Waals surface area contributed by atoms with Crippen LogP contribution < -0.4 is 9.47 Å². The van der Waals surface area contributed by atoms with E-state index in [0.717, 1.165) is 0 Å². The molecule has 0 saturated carbocycles. The molecule has 17 heavy (non-hydrogen) atoms. The number of ether oxygens (including phenoxy) is 2. The van der Waals surface area contributed by atoms with Crippen molar-refractivity contribution in [1.82, 2.24) is 4.98 Å². The summed E-state index contributed by atoms with van der Waals surface area (Å²) < 4.78 is 10.4. The summed E-state index contributed by atoms with van der Waals surface area (Å²) in [4.78, 5) is 14.9. The van der Waals surface area contributed by atoms with Crippen molar-refractivity contribution >= 4 is 17.7 Å². The molecule has 1 aromatic heterocycles. The molecule has 5 nitrogen and oxygen atoms in total. The maximum Gasteiger partial charge on any atom is 0.316 e. The molecule has 1 atom stereocenters. The van der Waals surface area contributed by atoms with Gasteiger partial charge in [-0.3, -0.25) is 9.78 Å². The smallest absolute Gasteiger partial charge is 0.316 e. The molecular formula is C11H15NO4S. The second kappa shape index (κ2) is 6.34. The quantitative estimate of drug-likeness (QED) is 0.838. The van der Waals surface area contributed by atoms with Gasteiger partial charge in [0.1, 0.15) is 0 Å². The highest BCUT2D eigenvalue weighted by Crippen LogP contribution is 2.32. The molecule has 1 N–H and O–H groups in total. The first-order valence-corrected chi connectivity index (χ1v) is 6.05. The topological polar surface area (TPSA) is 68.7 Å². The fraction of sp³-hybridized carbons (Fsp3) is 0.455. The Morgan fingerprint density at radius 2 is 2.24 bits per heavy atom. The predicted molar refractivity (Wildman–Crippen MR) is 65.7 cm³/mol. The predicted octanol–water partition coefficient (Wildman–Crippen LogP) is 1.81. The molecule has 1 unspecified atom stereocenters. The number of thioether (sulfide) groups is 1. The highest BCUT2D eigenvalue weighted by atomic mass is 32.2. The number of hydrogen-bond donors (Lipinski definition) is 1. The lowest BCUT2D eigenvalue weighted by Crippen LogP contribution is -2.12. The van der Waals surface area contributed by atoms with Crippen molar-refractivity contribution < 1.29 is 19.4 Å². The van der Waals surface area contributed by atoms with Gasteiger partial charge in [0.05, 0.1) is 25.2 Å². The summed E-state index contributed by atoms with van der Waals surface area (Å²) in [5.74, 6) is 0.784. The minimum absolute atomic E-state index is 0.466. The van der Waals surface area contributed by atoms with Crippen LogP contribution in [-0.4, -0.2) is 35.5 Å². The van der Waals surface area contributed by atoms with Crippen molar-refractivity contribution in [2.45, 2.75) is 17.9 Å². The number of aromatic nitrogens is 1. The molecule has 1 heterocycles. The van der Waals surface area contributed by atoms with Crippen LogP contribution in [0, 0.1) is 0 Å². The molecule has 1 aromatic rings. The number of hydrogen-bond acceptors (Lipinski definition) is 5. The number of nitrogens with zero attached hydrogens (tertiary/aromatic N) is 1. The number of rotatable bonds is 6. The average Bonchev–Trinajstić information content (AvgIpc) is 2.34. The monoisotopic (exact) mass is 257 g/mol. The van der Waals surface area contributed by atoms with Crippen molar-refractivity contribution in [3.63, 3.8) is 0 Å².